The molecule has 37 heavy (non-hydrogen) atoms. The molecule has 196 valence electrons. The zero-order valence-electron chi connectivity index (χ0n) is 22.0. The van der Waals surface area contributed by atoms with Crippen LogP contribution < -0.4 is 18.9 Å². The smallest absolute Gasteiger partial charge is 0.343 e. The number of ether oxygens (including phenoxy) is 4. The van der Waals surface area contributed by atoms with Gasteiger partial charge < -0.3 is 18.9 Å². The molecule has 3 aromatic carbocycles. The first-order valence-corrected chi connectivity index (χ1v) is 13.0. The van der Waals surface area contributed by atoms with Gasteiger partial charge >= 0.3 is 11.9 Å². The number of benzene rings is 3. The summed E-state index contributed by atoms with van der Waals surface area (Å²) in [6, 6.07) is 18.8. The van der Waals surface area contributed by atoms with Crippen LogP contribution in [0.25, 0.3) is 0 Å². The van der Waals surface area contributed by atoms with Crippen molar-refractivity contribution in [2.75, 3.05) is 13.2 Å². The Labute approximate surface area is 219 Å². The Hall–Kier alpha value is -3.80. The second kappa shape index (κ2) is 14.7. The lowest BCUT2D eigenvalue weighted by Crippen LogP contribution is -2.13. The fourth-order valence-electron chi connectivity index (χ4n) is 3.61. The highest BCUT2D eigenvalue weighted by Crippen LogP contribution is 2.30. The predicted octanol–water partition coefficient (Wildman–Crippen LogP) is 7.57. The molecule has 0 N–H and O–H groups in total. The Morgan fingerprint density at radius 2 is 1.14 bits per heavy atom. The van der Waals surface area contributed by atoms with Crippen molar-refractivity contribution in [2.24, 2.45) is 0 Å². The largest absolute Gasteiger partial charge is 0.494 e. The van der Waals surface area contributed by atoms with Gasteiger partial charge in [0.1, 0.15) is 11.5 Å². The van der Waals surface area contributed by atoms with Crippen LogP contribution >= 0.6 is 0 Å². The lowest BCUT2D eigenvalue weighted by atomic mass is 10.2. The van der Waals surface area contributed by atoms with E-state index >= 15 is 0 Å². The van der Waals surface area contributed by atoms with Gasteiger partial charge in [-0.2, -0.15) is 0 Å². The van der Waals surface area contributed by atoms with Gasteiger partial charge in [-0.3, -0.25) is 0 Å². The summed E-state index contributed by atoms with van der Waals surface area (Å²) in [5.74, 6) is 0.410. The molecule has 0 aromatic heterocycles. The number of aryl methyl sites for hydroxylation is 1. The number of carbonyl (C=O) groups excluding carboxylic acids is 2. The second-order valence-corrected chi connectivity index (χ2v) is 8.90. The predicted molar refractivity (Wildman–Crippen MR) is 144 cm³/mol. The molecule has 0 aliphatic carbocycles. The maximum absolute atomic E-state index is 12.9. The fraction of sp³-hybridized carbons (Fsp3) is 0.355. The third-order valence-corrected chi connectivity index (χ3v) is 5.68. The topological polar surface area (TPSA) is 71.1 Å². The minimum absolute atomic E-state index is 0.158. The SMILES string of the molecule is CCCCCOc1cccc(C(=O)Oc2ccc(C)cc2OC(=O)c2cccc(OCCCCC)c2)c1. The van der Waals surface area contributed by atoms with E-state index in [1.54, 1.807) is 54.6 Å². The first-order valence-electron chi connectivity index (χ1n) is 13.0. The van der Waals surface area contributed by atoms with Crippen LogP contribution in [0, 0.1) is 6.92 Å². The summed E-state index contributed by atoms with van der Waals surface area (Å²) in [5.41, 5.74) is 1.55. The van der Waals surface area contributed by atoms with Crippen molar-refractivity contribution in [3.63, 3.8) is 0 Å². The van der Waals surface area contributed by atoms with E-state index in [0.717, 1.165) is 44.1 Å². The molecule has 0 spiro atoms. The molecular formula is C31H36O6. The average Bonchev–Trinajstić information content (AvgIpc) is 2.91. The monoisotopic (exact) mass is 504 g/mol. The van der Waals surface area contributed by atoms with Crippen molar-refractivity contribution in [3.8, 4) is 23.0 Å². The molecule has 0 unspecified atom stereocenters. The van der Waals surface area contributed by atoms with Crippen molar-refractivity contribution in [3.05, 3.63) is 83.4 Å². The van der Waals surface area contributed by atoms with Crippen molar-refractivity contribution < 1.29 is 28.5 Å². The summed E-state index contributed by atoms with van der Waals surface area (Å²) in [6.07, 6.45) is 6.31. The zero-order chi connectivity index (χ0) is 26.5. The Morgan fingerprint density at radius 1 is 0.622 bits per heavy atom. The highest BCUT2D eigenvalue weighted by atomic mass is 16.6. The maximum Gasteiger partial charge on any atom is 0.343 e. The Balaban J connectivity index is 1.68. The summed E-state index contributed by atoms with van der Waals surface area (Å²) in [5, 5.41) is 0. The minimum Gasteiger partial charge on any atom is -0.494 e. The second-order valence-electron chi connectivity index (χ2n) is 8.90. The normalized spacial score (nSPS) is 10.6. The third-order valence-electron chi connectivity index (χ3n) is 5.68. The quantitative estimate of drug-likeness (QED) is 0.128. The number of unbranched alkanes of at least 4 members (excludes halogenated alkanes) is 4. The van der Waals surface area contributed by atoms with E-state index in [0.29, 0.717) is 35.8 Å². The molecule has 0 atom stereocenters. The molecule has 6 nitrogen and oxygen atoms in total. The van der Waals surface area contributed by atoms with Crippen LogP contribution in [0.15, 0.2) is 66.7 Å². The molecule has 0 bridgehead atoms. The van der Waals surface area contributed by atoms with E-state index < -0.39 is 11.9 Å². The number of rotatable bonds is 14. The van der Waals surface area contributed by atoms with Gasteiger partial charge in [0, 0.05) is 0 Å². The van der Waals surface area contributed by atoms with Gasteiger partial charge in [0.25, 0.3) is 0 Å². The Morgan fingerprint density at radius 3 is 1.65 bits per heavy atom. The molecule has 0 aliphatic rings. The van der Waals surface area contributed by atoms with Crippen molar-refractivity contribution in [2.45, 2.75) is 59.3 Å². The lowest BCUT2D eigenvalue weighted by molar-refractivity contribution is 0.0682. The molecule has 0 aliphatic heterocycles. The lowest BCUT2D eigenvalue weighted by Gasteiger charge is -2.13. The van der Waals surface area contributed by atoms with Gasteiger partial charge in [0.05, 0.1) is 24.3 Å². The average molecular weight is 505 g/mol. The summed E-state index contributed by atoms with van der Waals surface area (Å²) in [7, 11) is 0. The molecule has 0 saturated heterocycles. The number of esters is 2. The number of carbonyl (C=O) groups is 2. The molecule has 3 rings (SSSR count). The van der Waals surface area contributed by atoms with E-state index in [2.05, 4.69) is 13.8 Å². The van der Waals surface area contributed by atoms with E-state index in [1.807, 2.05) is 19.1 Å². The molecule has 0 radical (unpaired) electrons. The minimum atomic E-state index is -0.567. The Kier molecular flexibility index (Phi) is 11.0. The van der Waals surface area contributed by atoms with Crippen molar-refractivity contribution in [1.29, 1.82) is 0 Å². The summed E-state index contributed by atoms with van der Waals surface area (Å²) >= 11 is 0. The summed E-state index contributed by atoms with van der Waals surface area (Å²) in [6.45, 7) is 7.32. The van der Waals surface area contributed by atoms with E-state index in [4.69, 9.17) is 18.9 Å². The van der Waals surface area contributed by atoms with Crippen LogP contribution in [0.2, 0.25) is 0 Å². The maximum atomic E-state index is 12.9. The van der Waals surface area contributed by atoms with Gasteiger partial charge in [0.15, 0.2) is 11.5 Å². The summed E-state index contributed by atoms with van der Waals surface area (Å²) in [4.78, 5) is 25.8. The zero-order valence-corrected chi connectivity index (χ0v) is 22.0. The van der Waals surface area contributed by atoms with Gasteiger partial charge in [-0.1, -0.05) is 57.7 Å². The van der Waals surface area contributed by atoms with Gasteiger partial charge in [-0.05, 0) is 73.9 Å². The first-order chi connectivity index (χ1) is 18.0. The van der Waals surface area contributed by atoms with Crippen LogP contribution in [-0.2, 0) is 0 Å². The van der Waals surface area contributed by atoms with Gasteiger partial charge in [0.2, 0.25) is 0 Å². The van der Waals surface area contributed by atoms with Crippen LogP contribution in [0.3, 0.4) is 0 Å². The molecule has 0 fully saturated rings. The van der Waals surface area contributed by atoms with E-state index in [-0.39, 0.29) is 11.5 Å². The number of hydrogen-bond donors (Lipinski definition) is 0. The molecular weight excluding hydrogens is 468 g/mol. The van der Waals surface area contributed by atoms with E-state index in [1.165, 1.54) is 0 Å². The van der Waals surface area contributed by atoms with Gasteiger partial charge in [-0.25, -0.2) is 9.59 Å². The highest BCUT2D eigenvalue weighted by molar-refractivity contribution is 5.93. The molecule has 0 heterocycles. The van der Waals surface area contributed by atoms with Crippen LogP contribution in [-0.4, -0.2) is 25.2 Å². The number of hydrogen-bond acceptors (Lipinski definition) is 6. The standard InChI is InChI=1S/C31H36O6/c1-4-6-8-18-34-26-14-10-12-24(21-26)30(32)36-28-17-16-23(3)20-29(28)37-31(33)25-13-11-15-27(22-25)35-19-9-7-5-2/h10-17,20-22H,4-9,18-19H2,1-3H3. The van der Waals surface area contributed by atoms with E-state index in [9.17, 15) is 9.59 Å². The fourth-order valence-corrected chi connectivity index (χ4v) is 3.61. The third kappa shape index (κ3) is 8.98. The van der Waals surface area contributed by atoms with Crippen LogP contribution in [0.5, 0.6) is 23.0 Å². The molecule has 3 aromatic rings. The molecule has 6 heteroatoms. The molecule has 0 amide bonds. The highest BCUT2D eigenvalue weighted by Gasteiger charge is 2.17. The van der Waals surface area contributed by atoms with Gasteiger partial charge in [-0.15, -0.1) is 0 Å². The van der Waals surface area contributed by atoms with Crippen molar-refractivity contribution >= 4 is 11.9 Å². The summed E-state index contributed by atoms with van der Waals surface area (Å²) < 4.78 is 22.8. The van der Waals surface area contributed by atoms with Crippen LogP contribution in [0.1, 0.15) is 78.7 Å². The molecule has 0 saturated carbocycles. The Bertz CT molecular complexity index is 1170. The first kappa shape index (κ1) is 27.8. The van der Waals surface area contributed by atoms with Crippen molar-refractivity contribution in [1.82, 2.24) is 0 Å². The van der Waals surface area contributed by atoms with Crippen LogP contribution in [0.4, 0.5) is 0 Å².